The Labute approximate surface area is 173 Å². The van der Waals surface area contributed by atoms with Gasteiger partial charge in [-0.15, -0.1) is 23.5 Å². The maximum Gasteiger partial charge on any atom is 0.338 e. The minimum atomic E-state index is -1.05. The highest BCUT2D eigenvalue weighted by Crippen LogP contribution is 2.43. The van der Waals surface area contributed by atoms with Gasteiger partial charge in [0, 0.05) is 6.04 Å². The molecule has 2 fully saturated rings. The van der Waals surface area contributed by atoms with Crippen molar-refractivity contribution in [3.8, 4) is 0 Å². The molecule has 1 aromatic carbocycles. The van der Waals surface area contributed by atoms with E-state index in [4.69, 9.17) is 4.74 Å². The molecule has 152 valence electrons. The second-order valence-corrected chi connectivity index (χ2v) is 9.77. The first-order valence-corrected chi connectivity index (χ1v) is 11.8. The van der Waals surface area contributed by atoms with E-state index in [0.717, 1.165) is 37.2 Å². The van der Waals surface area contributed by atoms with Gasteiger partial charge in [0.2, 0.25) is 0 Å². The van der Waals surface area contributed by atoms with Crippen LogP contribution in [0.25, 0.3) is 0 Å². The average molecular weight is 423 g/mol. The van der Waals surface area contributed by atoms with Crippen molar-refractivity contribution in [1.82, 2.24) is 10.6 Å². The first-order chi connectivity index (χ1) is 13.5. The summed E-state index contributed by atoms with van der Waals surface area (Å²) in [6.45, 7) is 1.46. The molecule has 1 aromatic rings. The molecule has 0 aromatic heterocycles. The molecule has 0 radical (unpaired) electrons. The smallest absolute Gasteiger partial charge is 0.338 e. The summed E-state index contributed by atoms with van der Waals surface area (Å²) in [6.07, 6.45) is 4.22. The maximum absolute atomic E-state index is 12.3. The van der Waals surface area contributed by atoms with E-state index in [1.54, 1.807) is 12.1 Å². The van der Waals surface area contributed by atoms with Crippen molar-refractivity contribution in [3.63, 3.8) is 0 Å². The van der Waals surface area contributed by atoms with Crippen molar-refractivity contribution < 1.29 is 19.1 Å². The fraction of sp³-hybridized carbons (Fsp3) is 0.550. The Morgan fingerprint density at radius 1 is 1.04 bits per heavy atom. The number of rotatable bonds is 5. The van der Waals surface area contributed by atoms with Crippen LogP contribution in [0, 0.1) is 0 Å². The Bertz CT molecular complexity index is 699. The zero-order chi connectivity index (χ0) is 19.9. The van der Waals surface area contributed by atoms with Crippen molar-refractivity contribution in [3.05, 3.63) is 35.4 Å². The number of benzene rings is 1. The highest BCUT2D eigenvalue weighted by Gasteiger charge is 2.23. The van der Waals surface area contributed by atoms with E-state index in [-0.39, 0.29) is 6.04 Å². The summed E-state index contributed by atoms with van der Waals surface area (Å²) in [7, 11) is 0. The molecule has 1 aliphatic heterocycles. The minimum Gasteiger partial charge on any atom is -0.449 e. The summed E-state index contributed by atoms with van der Waals surface area (Å²) < 4.78 is 5.62. The third kappa shape index (κ3) is 5.91. The molecule has 0 spiro atoms. The molecule has 6 nitrogen and oxygen atoms in total. The highest BCUT2D eigenvalue weighted by molar-refractivity contribution is 8.16. The molecule has 0 unspecified atom stereocenters. The van der Waals surface area contributed by atoms with Gasteiger partial charge in [0.15, 0.2) is 6.10 Å². The van der Waals surface area contributed by atoms with Crippen molar-refractivity contribution >= 4 is 41.4 Å². The fourth-order valence-corrected chi connectivity index (χ4v) is 6.14. The third-order valence-corrected chi connectivity index (χ3v) is 7.84. The first kappa shape index (κ1) is 21.0. The summed E-state index contributed by atoms with van der Waals surface area (Å²) in [5.41, 5.74) is 1.57. The van der Waals surface area contributed by atoms with Crippen LogP contribution >= 0.6 is 23.5 Å². The number of hydrogen-bond acceptors (Lipinski definition) is 6. The van der Waals surface area contributed by atoms with Crippen LogP contribution in [-0.4, -0.2) is 41.6 Å². The molecule has 3 amide bonds. The van der Waals surface area contributed by atoms with E-state index in [0.29, 0.717) is 10.1 Å². The number of ether oxygens (including phenoxy) is 1. The molecule has 28 heavy (non-hydrogen) atoms. The predicted molar refractivity (Wildman–Crippen MR) is 113 cm³/mol. The third-order valence-electron chi connectivity index (χ3n) is 4.83. The lowest BCUT2D eigenvalue weighted by molar-refractivity contribution is -0.127. The van der Waals surface area contributed by atoms with Crippen LogP contribution in [0.3, 0.4) is 0 Å². The summed E-state index contributed by atoms with van der Waals surface area (Å²) in [4.78, 5) is 36.3. The largest absolute Gasteiger partial charge is 0.449 e. The quantitative estimate of drug-likeness (QED) is 0.701. The zero-order valence-corrected chi connectivity index (χ0v) is 17.6. The maximum atomic E-state index is 12.3. The van der Waals surface area contributed by atoms with Gasteiger partial charge in [0.1, 0.15) is 0 Å². The average Bonchev–Trinajstić information content (AvgIpc) is 3.21. The van der Waals surface area contributed by atoms with E-state index in [9.17, 15) is 14.4 Å². The number of nitrogens with one attached hydrogen (secondary N) is 2. The predicted octanol–water partition coefficient (Wildman–Crippen LogP) is 3.87. The van der Waals surface area contributed by atoms with Crippen LogP contribution in [0.5, 0.6) is 0 Å². The molecule has 0 bridgehead atoms. The Kier molecular flexibility index (Phi) is 7.67. The number of amides is 3. The molecule has 1 heterocycles. The number of hydrogen-bond donors (Lipinski definition) is 2. The molecule has 1 saturated heterocycles. The number of carbonyl (C=O) groups excluding carboxylic acids is 3. The van der Waals surface area contributed by atoms with Crippen molar-refractivity contribution in [2.75, 3.05) is 11.5 Å². The topological polar surface area (TPSA) is 84.5 Å². The van der Waals surface area contributed by atoms with Gasteiger partial charge in [0.05, 0.1) is 10.1 Å². The van der Waals surface area contributed by atoms with Crippen LogP contribution in [0.15, 0.2) is 24.3 Å². The van der Waals surface area contributed by atoms with Gasteiger partial charge in [0.25, 0.3) is 5.91 Å². The first-order valence-electron chi connectivity index (χ1n) is 9.68. The normalized spacial score (nSPS) is 19.0. The van der Waals surface area contributed by atoms with Crippen LogP contribution < -0.4 is 10.6 Å². The van der Waals surface area contributed by atoms with Crippen LogP contribution in [0.4, 0.5) is 4.79 Å². The molecule has 2 aliphatic rings. The van der Waals surface area contributed by atoms with E-state index in [2.05, 4.69) is 10.6 Å². The molecule has 1 atom stereocenters. The second-order valence-electron chi connectivity index (χ2n) is 7.04. The number of carbonyl (C=O) groups is 3. The van der Waals surface area contributed by atoms with E-state index < -0.39 is 24.0 Å². The number of imide groups is 1. The molecule has 8 heteroatoms. The highest BCUT2D eigenvalue weighted by atomic mass is 32.2. The Morgan fingerprint density at radius 2 is 1.68 bits per heavy atom. The zero-order valence-electron chi connectivity index (χ0n) is 15.9. The van der Waals surface area contributed by atoms with E-state index in [1.165, 1.54) is 18.9 Å². The van der Waals surface area contributed by atoms with E-state index in [1.807, 2.05) is 35.7 Å². The van der Waals surface area contributed by atoms with Crippen LogP contribution in [-0.2, 0) is 9.53 Å². The van der Waals surface area contributed by atoms with Crippen molar-refractivity contribution in [2.45, 2.75) is 55.8 Å². The standard InChI is InChI=1S/C20H26N2O4S2/c1-13(17(23)22-20(25)21-16-5-2-3-6-16)26-18(24)14-7-9-15(10-8-14)19-27-11-4-12-28-19/h7-10,13,16,19H,2-6,11-12H2,1H3,(H2,21,22,23,25)/t13-/m1/s1. The lowest BCUT2D eigenvalue weighted by atomic mass is 10.1. The Hall–Kier alpha value is -1.67. The van der Waals surface area contributed by atoms with Crippen LogP contribution in [0.1, 0.15) is 59.5 Å². The molecular weight excluding hydrogens is 396 g/mol. The monoisotopic (exact) mass is 422 g/mol. The fourth-order valence-electron chi connectivity index (χ4n) is 3.24. The summed E-state index contributed by atoms with van der Waals surface area (Å²) in [6, 6.07) is 6.91. The summed E-state index contributed by atoms with van der Waals surface area (Å²) in [5, 5.41) is 5.02. The van der Waals surface area contributed by atoms with Crippen molar-refractivity contribution in [1.29, 1.82) is 0 Å². The van der Waals surface area contributed by atoms with Gasteiger partial charge in [-0.2, -0.15) is 0 Å². The van der Waals surface area contributed by atoms with Gasteiger partial charge >= 0.3 is 12.0 Å². The lowest BCUT2D eigenvalue weighted by Crippen LogP contribution is -2.47. The second kappa shape index (κ2) is 10.2. The summed E-state index contributed by atoms with van der Waals surface area (Å²) in [5.74, 6) is 1.11. The molecule has 1 saturated carbocycles. The van der Waals surface area contributed by atoms with Gasteiger partial charge in [-0.1, -0.05) is 25.0 Å². The van der Waals surface area contributed by atoms with Crippen molar-refractivity contribution in [2.24, 2.45) is 0 Å². The number of thioether (sulfide) groups is 2. The van der Waals surface area contributed by atoms with Gasteiger partial charge in [-0.25, -0.2) is 9.59 Å². The lowest BCUT2D eigenvalue weighted by Gasteiger charge is -2.21. The van der Waals surface area contributed by atoms with Gasteiger partial charge in [-0.05, 0) is 55.4 Å². The number of urea groups is 1. The Balaban J connectivity index is 1.47. The SMILES string of the molecule is C[C@@H](OC(=O)c1ccc(C2SCCCS2)cc1)C(=O)NC(=O)NC1CCCC1. The Morgan fingerprint density at radius 3 is 2.32 bits per heavy atom. The minimum absolute atomic E-state index is 0.115. The molecule has 1 aliphatic carbocycles. The van der Waals surface area contributed by atoms with E-state index >= 15 is 0 Å². The van der Waals surface area contributed by atoms with Crippen LogP contribution in [0.2, 0.25) is 0 Å². The molecular formula is C20H26N2O4S2. The molecule has 3 rings (SSSR count). The van der Waals surface area contributed by atoms with Gasteiger partial charge < -0.3 is 10.1 Å². The number of esters is 1. The summed E-state index contributed by atoms with van der Waals surface area (Å²) >= 11 is 3.84. The molecule has 2 N–H and O–H groups in total. The van der Waals surface area contributed by atoms with Gasteiger partial charge in [-0.3, -0.25) is 10.1 Å².